The number of nitrogens with zero attached hydrogens (tertiary/aromatic N) is 1. The summed E-state index contributed by atoms with van der Waals surface area (Å²) >= 11 is 3.53. The van der Waals surface area contributed by atoms with Gasteiger partial charge in [-0.3, -0.25) is 10.1 Å². The molecular formula is C26H24BrNO4. The number of halogens is 1. The molecule has 164 valence electrons. The van der Waals surface area contributed by atoms with Gasteiger partial charge in [-0.1, -0.05) is 30.3 Å². The molecule has 0 saturated carbocycles. The normalized spacial score (nSPS) is 14.5. The number of rotatable bonds is 6. The first-order valence-electron chi connectivity index (χ1n) is 11.1. The molecule has 0 unspecified atom stereocenters. The van der Waals surface area contributed by atoms with Gasteiger partial charge in [0, 0.05) is 28.3 Å². The third-order valence-electron chi connectivity index (χ3n) is 6.38. The van der Waals surface area contributed by atoms with Gasteiger partial charge in [0.15, 0.2) is 0 Å². The van der Waals surface area contributed by atoms with E-state index in [0.29, 0.717) is 16.8 Å². The van der Waals surface area contributed by atoms with Crippen LogP contribution in [0.1, 0.15) is 47.1 Å². The van der Waals surface area contributed by atoms with Crippen molar-refractivity contribution in [1.29, 1.82) is 0 Å². The molecule has 0 aliphatic heterocycles. The van der Waals surface area contributed by atoms with Crippen LogP contribution in [0, 0.1) is 10.1 Å². The third kappa shape index (κ3) is 3.99. The Morgan fingerprint density at radius 2 is 1.50 bits per heavy atom. The fourth-order valence-electron chi connectivity index (χ4n) is 4.84. The van der Waals surface area contributed by atoms with E-state index in [-0.39, 0.29) is 10.6 Å². The number of fused-ring (bicyclic) bond motifs is 2. The van der Waals surface area contributed by atoms with Crippen LogP contribution in [0.15, 0.2) is 53.0 Å². The molecule has 5 nitrogen and oxygen atoms in total. The molecule has 3 aromatic carbocycles. The van der Waals surface area contributed by atoms with E-state index < -0.39 is 0 Å². The molecule has 0 saturated heterocycles. The minimum Gasteiger partial charge on any atom is -0.489 e. The van der Waals surface area contributed by atoms with E-state index in [2.05, 4.69) is 28.1 Å². The van der Waals surface area contributed by atoms with Crippen molar-refractivity contribution in [2.24, 2.45) is 0 Å². The SMILES string of the molecule is O=[N+]([O-])c1cc(Br)c(Oc2ccc(OCc3ccccc3)c3c2CCCC3)c2c1CCC2. The molecule has 0 radical (unpaired) electrons. The summed E-state index contributed by atoms with van der Waals surface area (Å²) in [6.45, 7) is 0.537. The van der Waals surface area contributed by atoms with Crippen LogP contribution in [-0.4, -0.2) is 4.92 Å². The number of hydrogen-bond donors (Lipinski definition) is 0. The van der Waals surface area contributed by atoms with E-state index in [1.807, 2.05) is 30.3 Å². The maximum Gasteiger partial charge on any atom is 0.274 e. The molecule has 0 atom stereocenters. The molecule has 0 aromatic heterocycles. The van der Waals surface area contributed by atoms with Crippen molar-refractivity contribution in [3.63, 3.8) is 0 Å². The Balaban J connectivity index is 1.48. The van der Waals surface area contributed by atoms with Crippen LogP contribution in [0.5, 0.6) is 17.2 Å². The van der Waals surface area contributed by atoms with Crippen molar-refractivity contribution < 1.29 is 14.4 Å². The molecule has 0 bridgehead atoms. The zero-order valence-electron chi connectivity index (χ0n) is 17.7. The van der Waals surface area contributed by atoms with Crippen LogP contribution in [0.25, 0.3) is 0 Å². The first-order chi connectivity index (χ1) is 15.6. The van der Waals surface area contributed by atoms with Gasteiger partial charge in [0.1, 0.15) is 23.9 Å². The zero-order valence-corrected chi connectivity index (χ0v) is 19.3. The molecule has 0 spiro atoms. The second-order valence-electron chi connectivity index (χ2n) is 8.38. The lowest BCUT2D eigenvalue weighted by atomic mass is 9.90. The average Bonchev–Trinajstić information content (AvgIpc) is 3.30. The molecule has 6 heteroatoms. The molecule has 5 rings (SSSR count). The molecular weight excluding hydrogens is 470 g/mol. The van der Waals surface area contributed by atoms with Gasteiger partial charge >= 0.3 is 0 Å². The minimum absolute atomic E-state index is 0.184. The Morgan fingerprint density at radius 1 is 0.844 bits per heavy atom. The molecule has 2 aliphatic carbocycles. The van der Waals surface area contributed by atoms with Crippen molar-refractivity contribution in [2.75, 3.05) is 0 Å². The lowest BCUT2D eigenvalue weighted by Crippen LogP contribution is -2.09. The highest BCUT2D eigenvalue weighted by Gasteiger charge is 2.29. The van der Waals surface area contributed by atoms with Gasteiger partial charge in [0.05, 0.1) is 9.40 Å². The zero-order chi connectivity index (χ0) is 22.1. The Labute approximate surface area is 195 Å². The third-order valence-corrected chi connectivity index (χ3v) is 6.97. The Kier molecular flexibility index (Phi) is 5.87. The standard InChI is InChI=1S/C26H24BrNO4/c27-22-15-23(28(29)30)18-11-6-12-21(18)26(22)32-25-14-13-24(19-9-4-5-10-20(19)25)31-16-17-7-2-1-3-8-17/h1-3,7-8,13-15H,4-6,9-12,16H2. The lowest BCUT2D eigenvalue weighted by Gasteiger charge is -2.23. The summed E-state index contributed by atoms with van der Waals surface area (Å²) in [5, 5.41) is 11.5. The van der Waals surface area contributed by atoms with Gasteiger partial charge in [-0.2, -0.15) is 0 Å². The van der Waals surface area contributed by atoms with E-state index in [1.54, 1.807) is 6.07 Å². The average molecular weight is 494 g/mol. The quantitative estimate of drug-likeness (QED) is 0.271. The van der Waals surface area contributed by atoms with Gasteiger partial charge < -0.3 is 9.47 Å². The van der Waals surface area contributed by atoms with E-state index in [9.17, 15) is 10.1 Å². The maximum absolute atomic E-state index is 11.5. The first-order valence-corrected chi connectivity index (χ1v) is 11.9. The molecule has 32 heavy (non-hydrogen) atoms. The summed E-state index contributed by atoms with van der Waals surface area (Å²) < 4.78 is 13.3. The van der Waals surface area contributed by atoms with E-state index in [4.69, 9.17) is 9.47 Å². The van der Waals surface area contributed by atoms with Crippen LogP contribution in [0.4, 0.5) is 5.69 Å². The molecule has 0 amide bonds. The van der Waals surface area contributed by atoms with Gasteiger partial charge in [0.25, 0.3) is 5.69 Å². The van der Waals surface area contributed by atoms with Crippen molar-refractivity contribution in [3.05, 3.63) is 90.9 Å². The number of benzene rings is 3. The van der Waals surface area contributed by atoms with Crippen molar-refractivity contribution >= 4 is 21.6 Å². The van der Waals surface area contributed by atoms with E-state index >= 15 is 0 Å². The van der Waals surface area contributed by atoms with Crippen LogP contribution in [0.3, 0.4) is 0 Å². The molecule has 0 heterocycles. The summed E-state index contributed by atoms with van der Waals surface area (Å²) in [6, 6.07) is 15.7. The second kappa shape index (κ2) is 8.94. The highest BCUT2D eigenvalue weighted by Crippen LogP contribution is 2.46. The monoisotopic (exact) mass is 493 g/mol. The number of nitro groups is 1. The van der Waals surface area contributed by atoms with Gasteiger partial charge in [-0.25, -0.2) is 0 Å². The van der Waals surface area contributed by atoms with Gasteiger partial charge in [-0.05, 0) is 78.6 Å². The molecule has 0 fully saturated rings. The fraction of sp³-hybridized carbons (Fsp3) is 0.308. The second-order valence-corrected chi connectivity index (χ2v) is 9.23. The fourth-order valence-corrected chi connectivity index (χ4v) is 5.38. The summed E-state index contributed by atoms with van der Waals surface area (Å²) in [5.41, 5.74) is 5.51. The largest absolute Gasteiger partial charge is 0.489 e. The van der Waals surface area contributed by atoms with E-state index in [0.717, 1.165) is 73.1 Å². The molecule has 2 aliphatic rings. The summed E-state index contributed by atoms with van der Waals surface area (Å²) in [4.78, 5) is 11.2. The topological polar surface area (TPSA) is 61.6 Å². The van der Waals surface area contributed by atoms with Crippen LogP contribution >= 0.6 is 15.9 Å². The highest BCUT2D eigenvalue weighted by molar-refractivity contribution is 9.10. The van der Waals surface area contributed by atoms with Crippen LogP contribution < -0.4 is 9.47 Å². The summed E-state index contributed by atoms with van der Waals surface area (Å²) in [5.74, 6) is 2.47. The van der Waals surface area contributed by atoms with Crippen LogP contribution in [-0.2, 0) is 32.3 Å². The van der Waals surface area contributed by atoms with Crippen LogP contribution in [0.2, 0.25) is 0 Å². The van der Waals surface area contributed by atoms with Crippen molar-refractivity contribution in [2.45, 2.75) is 51.6 Å². The Bertz CT molecular complexity index is 1180. The predicted molar refractivity (Wildman–Crippen MR) is 127 cm³/mol. The Morgan fingerprint density at radius 3 is 2.25 bits per heavy atom. The Hall–Kier alpha value is -2.86. The number of ether oxygens (including phenoxy) is 2. The number of hydrogen-bond acceptors (Lipinski definition) is 4. The first kappa shape index (κ1) is 21.0. The smallest absolute Gasteiger partial charge is 0.274 e. The maximum atomic E-state index is 11.5. The van der Waals surface area contributed by atoms with Gasteiger partial charge in [-0.15, -0.1) is 0 Å². The minimum atomic E-state index is -0.292. The van der Waals surface area contributed by atoms with E-state index in [1.165, 1.54) is 11.1 Å². The molecule has 3 aromatic rings. The molecule has 0 N–H and O–H groups in total. The van der Waals surface area contributed by atoms with Gasteiger partial charge in [0.2, 0.25) is 0 Å². The summed E-state index contributed by atoms with van der Waals surface area (Å²) in [6.07, 6.45) is 6.59. The number of nitro benzene ring substituents is 1. The highest BCUT2D eigenvalue weighted by atomic mass is 79.9. The predicted octanol–water partition coefficient (Wildman–Crippen LogP) is 7.10. The summed E-state index contributed by atoms with van der Waals surface area (Å²) in [7, 11) is 0. The van der Waals surface area contributed by atoms with Crippen molar-refractivity contribution in [3.8, 4) is 17.2 Å². The van der Waals surface area contributed by atoms with Crippen molar-refractivity contribution in [1.82, 2.24) is 0 Å². The lowest BCUT2D eigenvalue weighted by molar-refractivity contribution is -0.385.